The van der Waals surface area contributed by atoms with Gasteiger partial charge in [-0.05, 0) is 61.2 Å². The second-order valence-electron chi connectivity index (χ2n) is 6.80. The van der Waals surface area contributed by atoms with Crippen molar-refractivity contribution >= 4 is 11.9 Å². The molecule has 1 aliphatic rings. The molecule has 1 amide bonds. The molecule has 0 aromatic heterocycles. The first-order valence-corrected chi connectivity index (χ1v) is 9.66. The first kappa shape index (κ1) is 20.7. The number of carboxylic acid groups (broad SMARTS) is 1. The number of benzene rings is 2. The highest BCUT2D eigenvalue weighted by Crippen LogP contribution is 2.17. The molecular weight excluding hydrogens is 374 g/mol. The minimum atomic E-state index is -1.01. The molecule has 7 heteroatoms. The minimum Gasteiger partial charge on any atom is -0.491 e. The van der Waals surface area contributed by atoms with Crippen molar-refractivity contribution in [3.05, 3.63) is 59.7 Å². The average molecular weight is 399 g/mol. The van der Waals surface area contributed by atoms with Crippen molar-refractivity contribution in [1.82, 2.24) is 5.32 Å². The third-order valence-corrected chi connectivity index (χ3v) is 4.56. The molecule has 0 saturated carbocycles. The van der Waals surface area contributed by atoms with Gasteiger partial charge in [0.25, 0.3) is 5.91 Å². The van der Waals surface area contributed by atoms with E-state index in [4.69, 9.17) is 19.3 Å². The van der Waals surface area contributed by atoms with Crippen molar-refractivity contribution in [1.29, 1.82) is 0 Å². The van der Waals surface area contributed by atoms with Crippen LogP contribution in [-0.2, 0) is 16.0 Å². The van der Waals surface area contributed by atoms with Gasteiger partial charge in [-0.25, -0.2) is 4.79 Å². The molecule has 1 aliphatic heterocycles. The van der Waals surface area contributed by atoms with E-state index in [-0.39, 0.29) is 18.6 Å². The molecule has 29 heavy (non-hydrogen) atoms. The van der Waals surface area contributed by atoms with E-state index in [9.17, 15) is 9.59 Å². The number of carbonyl (C=O) groups is 2. The molecule has 1 heterocycles. The Labute approximate surface area is 169 Å². The Morgan fingerprint density at radius 1 is 1.03 bits per heavy atom. The smallest absolute Gasteiger partial charge is 0.341 e. The summed E-state index contributed by atoms with van der Waals surface area (Å²) in [6, 6.07) is 14.2. The van der Waals surface area contributed by atoms with Crippen LogP contribution in [0.25, 0.3) is 0 Å². The van der Waals surface area contributed by atoms with Crippen molar-refractivity contribution in [2.45, 2.75) is 25.4 Å². The van der Waals surface area contributed by atoms with Crippen LogP contribution in [0.2, 0.25) is 0 Å². The van der Waals surface area contributed by atoms with Crippen LogP contribution in [0.4, 0.5) is 0 Å². The summed E-state index contributed by atoms with van der Waals surface area (Å²) in [5.74, 6) is 0.0700. The van der Waals surface area contributed by atoms with Crippen molar-refractivity contribution in [2.24, 2.45) is 0 Å². The molecule has 7 nitrogen and oxygen atoms in total. The average Bonchev–Trinajstić information content (AvgIpc) is 3.25. The molecule has 0 aliphatic carbocycles. The van der Waals surface area contributed by atoms with E-state index in [0.29, 0.717) is 30.9 Å². The number of carboxylic acids is 1. The van der Waals surface area contributed by atoms with Gasteiger partial charge < -0.3 is 24.6 Å². The minimum absolute atomic E-state index is 0.142. The lowest BCUT2D eigenvalue weighted by Gasteiger charge is -2.12. The highest BCUT2D eigenvalue weighted by atomic mass is 16.5. The summed E-state index contributed by atoms with van der Waals surface area (Å²) >= 11 is 0. The largest absolute Gasteiger partial charge is 0.491 e. The zero-order valence-corrected chi connectivity index (χ0v) is 16.1. The summed E-state index contributed by atoms with van der Waals surface area (Å²) in [4.78, 5) is 22.8. The van der Waals surface area contributed by atoms with E-state index in [0.717, 1.165) is 30.8 Å². The van der Waals surface area contributed by atoms with Gasteiger partial charge in [-0.3, -0.25) is 4.79 Å². The van der Waals surface area contributed by atoms with Crippen LogP contribution >= 0.6 is 0 Å². The molecule has 0 radical (unpaired) electrons. The summed E-state index contributed by atoms with van der Waals surface area (Å²) in [6.45, 7) is 1.46. The van der Waals surface area contributed by atoms with Crippen LogP contribution in [0, 0.1) is 0 Å². The molecule has 0 spiro atoms. The van der Waals surface area contributed by atoms with Crippen LogP contribution in [0.5, 0.6) is 11.5 Å². The molecule has 0 bridgehead atoms. The highest BCUT2D eigenvalue weighted by molar-refractivity contribution is 5.94. The van der Waals surface area contributed by atoms with Crippen LogP contribution in [0.3, 0.4) is 0 Å². The molecule has 1 saturated heterocycles. The monoisotopic (exact) mass is 399 g/mol. The lowest BCUT2D eigenvalue weighted by molar-refractivity contribution is -0.139. The molecule has 1 unspecified atom stereocenters. The number of hydrogen-bond donors (Lipinski definition) is 2. The van der Waals surface area contributed by atoms with Gasteiger partial charge in [0.15, 0.2) is 6.61 Å². The van der Waals surface area contributed by atoms with Gasteiger partial charge in [-0.1, -0.05) is 12.1 Å². The second kappa shape index (κ2) is 10.5. The summed E-state index contributed by atoms with van der Waals surface area (Å²) < 4.78 is 16.3. The van der Waals surface area contributed by atoms with Gasteiger partial charge in [0.2, 0.25) is 0 Å². The van der Waals surface area contributed by atoms with E-state index in [1.165, 1.54) is 0 Å². The van der Waals surface area contributed by atoms with Crippen molar-refractivity contribution < 1.29 is 28.9 Å². The highest BCUT2D eigenvalue weighted by Gasteiger charge is 2.16. The fourth-order valence-electron chi connectivity index (χ4n) is 2.99. The Balaban J connectivity index is 1.39. The second-order valence-corrected chi connectivity index (χ2v) is 6.80. The number of rotatable bonds is 10. The SMILES string of the molecule is O=C(O)COc1ccc(CCNC(=O)c2ccc(OCC3CCCO3)cc2)cc1. The first-order valence-electron chi connectivity index (χ1n) is 9.66. The van der Waals surface area contributed by atoms with E-state index >= 15 is 0 Å². The van der Waals surface area contributed by atoms with Gasteiger partial charge in [0.05, 0.1) is 6.10 Å². The predicted octanol–water partition coefficient (Wildman–Crippen LogP) is 2.68. The maximum atomic E-state index is 12.3. The molecule has 2 aromatic rings. The molecule has 1 atom stereocenters. The van der Waals surface area contributed by atoms with E-state index in [1.807, 2.05) is 12.1 Å². The Hall–Kier alpha value is -3.06. The van der Waals surface area contributed by atoms with E-state index in [1.54, 1.807) is 36.4 Å². The third-order valence-electron chi connectivity index (χ3n) is 4.56. The van der Waals surface area contributed by atoms with Gasteiger partial charge in [-0.15, -0.1) is 0 Å². The summed E-state index contributed by atoms with van der Waals surface area (Å²) in [5, 5.41) is 11.5. The molecule has 1 fully saturated rings. The standard InChI is InChI=1S/C22H25NO6/c24-21(25)15-29-18-7-3-16(4-8-18)11-12-23-22(26)17-5-9-19(10-6-17)28-14-20-2-1-13-27-20/h3-10,20H,1-2,11-15H2,(H,23,26)(H,24,25). The zero-order chi connectivity index (χ0) is 20.5. The number of carbonyl (C=O) groups excluding carboxylic acids is 1. The zero-order valence-electron chi connectivity index (χ0n) is 16.1. The third kappa shape index (κ3) is 6.80. The first-order chi connectivity index (χ1) is 14.1. The number of nitrogens with one attached hydrogen (secondary N) is 1. The summed E-state index contributed by atoms with van der Waals surface area (Å²) in [7, 11) is 0. The molecular formula is C22H25NO6. The van der Waals surface area contributed by atoms with Crippen LogP contribution in [0.15, 0.2) is 48.5 Å². The molecule has 154 valence electrons. The van der Waals surface area contributed by atoms with E-state index in [2.05, 4.69) is 5.32 Å². The van der Waals surface area contributed by atoms with Gasteiger partial charge in [0.1, 0.15) is 18.1 Å². The number of ether oxygens (including phenoxy) is 3. The molecule has 2 aromatic carbocycles. The summed E-state index contributed by atoms with van der Waals surface area (Å²) in [6.07, 6.45) is 2.93. The number of hydrogen-bond acceptors (Lipinski definition) is 5. The fraction of sp³-hybridized carbons (Fsp3) is 0.364. The fourth-order valence-corrected chi connectivity index (χ4v) is 2.99. The topological polar surface area (TPSA) is 94.1 Å². The van der Waals surface area contributed by atoms with Crippen LogP contribution < -0.4 is 14.8 Å². The van der Waals surface area contributed by atoms with Crippen molar-refractivity contribution in [3.8, 4) is 11.5 Å². The normalized spacial score (nSPS) is 15.7. The lowest BCUT2D eigenvalue weighted by atomic mass is 10.1. The number of aliphatic carboxylic acids is 1. The Kier molecular flexibility index (Phi) is 7.47. The number of amides is 1. The maximum Gasteiger partial charge on any atom is 0.341 e. The molecule has 3 rings (SSSR count). The Bertz CT molecular complexity index is 797. The van der Waals surface area contributed by atoms with Gasteiger partial charge in [0, 0.05) is 18.7 Å². The summed E-state index contributed by atoms with van der Waals surface area (Å²) in [5.41, 5.74) is 1.60. The van der Waals surface area contributed by atoms with Gasteiger partial charge >= 0.3 is 5.97 Å². The Morgan fingerprint density at radius 2 is 1.72 bits per heavy atom. The quantitative estimate of drug-likeness (QED) is 0.638. The van der Waals surface area contributed by atoms with Crippen LogP contribution in [0.1, 0.15) is 28.8 Å². The van der Waals surface area contributed by atoms with E-state index < -0.39 is 5.97 Å². The maximum absolute atomic E-state index is 12.3. The predicted molar refractivity (Wildman–Crippen MR) is 107 cm³/mol. The van der Waals surface area contributed by atoms with Crippen LogP contribution in [-0.4, -0.2) is 49.5 Å². The molecule has 2 N–H and O–H groups in total. The van der Waals surface area contributed by atoms with Gasteiger partial charge in [-0.2, -0.15) is 0 Å². The lowest BCUT2D eigenvalue weighted by Crippen LogP contribution is -2.25. The Morgan fingerprint density at radius 3 is 2.38 bits per heavy atom. The van der Waals surface area contributed by atoms with Crippen molar-refractivity contribution in [3.63, 3.8) is 0 Å². The van der Waals surface area contributed by atoms with Crippen molar-refractivity contribution in [2.75, 3.05) is 26.4 Å².